The molecule has 1 aromatic rings. The Morgan fingerprint density at radius 3 is 2.39 bits per heavy atom. The highest BCUT2D eigenvalue weighted by Gasteiger charge is 2.26. The fourth-order valence-corrected chi connectivity index (χ4v) is 3.34. The van der Waals surface area contributed by atoms with E-state index in [1.807, 2.05) is 11.3 Å². The van der Waals surface area contributed by atoms with Crippen molar-refractivity contribution >= 4 is 24.0 Å². The summed E-state index contributed by atoms with van der Waals surface area (Å²) in [5.74, 6) is 1.58. The molecule has 18 heavy (non-hydrogen) atoms. The Morgan fingerprint density at radius 1 is 1.33 bits per heavy atom. The van der Waals surface area contributed by atoms with E-state index in [0.717, 1.165) is 18.8 Å². The highest BCUT2D eigenvalue weighted by molar-refractivity contribution is 7.80. The number of hydrogen-bond acceptors (Lipinski definition) is 3. The van der Waals surface area contributed by atoms with E-state index in [9.17, 15) is 0 Å². The molecule has 0 aliphatic heterocycles. The van der Waals surface area contributed by atoms with E-state index in [1.165, 1.54) is 4.88 Å². The summed E-state index contributed by atoms with van der Waals surface area (Å²) >= 11 is 6.39. The number of hydrogen-bond donors (Lipinski definition) is 1. The monoisotopic (exact) mass is 285 g/mol. The average molecular weight is 286 g/mol. The lowest BCUT2D eigenvalue weighted by Gasteiger charge is -2.36. The third kappa shape index (κ3) is 4.94. The van der Waals surface area contributed by atoms with Gasteiger partial charge >= 0.3 is 0 Å². The number of thiol groups is 1. The van der Waals surface area contributed by atoms with Crippen LogP contribution in [0.1, 0.15) is 39.5 Å². The summed E-state index contributed by atoms with van der Waals surface area (Å²) in [6.07, 6.45) is 0. The first-order chi connectivity index (χ1) is 8.34. The van der Waals surface area contributed by atoms with Gasteiger partial charge in [0.1, 0.15) is 0 Å². The van der Waals surface area contributed by atoms with E-state index in [-0.39, 0.29) is 0 Å². The molecule has 1 atom stereocenters. The Hall–Kier alpha value is 0.01000. The second-order valence-electron chi connectivity index (χ2n) is 6.35. The third-order valence-electron chi connectivity index (χ3n) is 3.57. The summed E-state index contributed by atoms with van der Waals surface area (Å²) in [6.45, 7) is 13.7. The minimum absolute atomic E-state index is 0.324. The maximum atomic E-state index is 4.54. The molecule has 0 aliphatic rings. The Bertz CT molecular complexity index is 325. The van der Waals surface area contributed by atoms with Gasteiger partial charge in [0.15, 0.2) is 0 Å². The first-order valence-corrected chi connectivity index (χ1v) is 8.23. The van der Waals surface area contributed by atoms with Crippen molar-refractivity contribution in [3.05, 3.63) is 22.4 Å². The summed E-state index contributed by atoms with van der Waals surface area (Å²) < 4.78 is 0. The van der Waals surface area contributed by atoms with E-state index in [4.69, 9.17) is 0 Å². The van der Waals surface area contributed by atoms with Crippen molar-refractivity contribution in [3.8, 4) is 0 Å². The molecule has 0 N–H and O–H groups in total. The molecular formula is C15H27NS2. The van der Waals surface area contributed by atoms with Crippen molar-refractivity contribution < 1.29 is 0 Å². The largest absolute Gasteiger partial charge is 0.296 e. The molecule has 0 radical (unpaired) electrons. The van der Waals surface area contributed by atoms with Gasteiger partial charge < -0.3 is 0 Å². The van der Waals surface area contributed by atoms with Crippen molar-refractivity contribution in [2.45, 2.75) is 47.2 Å². The van der Waals surface area contributed by atoms with Crippen LogP contribution in [-0.2, 0) is 6.54 Å². The zero-order valence-corrected chi connectivity index (χ0v) is 14.0. The Balaban J connectivity index is 2.68. The zero-order chi connectivity index (χ0) is 13.8. The normalized spacial score (nSPS) is 14.4. The predicted octanol–water partition coefficient (Wildman–Crippen LogP) is 4.55. The van der Waals surface area contributed by atoms with E-state index < -0.39 is 0 Å². The number of rotatable bonds is 6. The molecule has 1 rings (SSSR count). The molecule has 1 unspecified atom stereocenters. The van der Waals surface area contributed by atoms with Gasteiger partial charge in [-0.05, 0) is 42.4 Å². The first-order valence-electron chi connectivity index (χ1n) is 6.72. The van der Waals surface area contributed by atoms with Crippen LogP contribution in [0.25, 0.3) is 0 Å². The molecule has 0 spiro atoms. The predicted molar refractivity (Wildman–Crippen MR) is 86.7 cm³/mol. The molecule has 3 heteroatoms. The Labute approximate surface area is 122 Å². The third-order valence-corrected chi connectivity index (χ3v) is 4.87. The molecule has 0 aliphatic carbocycles. The fraction of sp³-hybridized carbons (Fsp3) is 0.733. The van der Waals surface area contributed by atoms with Gasteiger partial charge in [-0.1, -0.05) is 26.8 Å². The molecule has 104 valence electrons. The van der Waals surface area contributed by atoms with Crippen molar-refractivity contribution in [2.75, 3.05) is 12.3 Å². The van der Waals surface area contributed by atoms with Gasteiger partial charge in [-0.3, -0.25) is 4.90 Å². The van der Waals surface area contributed by atoms with E-state index in [0.29, 0.717) is 17.4 Å². The molecule has 0 amide bonds. The van der Waals surface area contributed by atoms with Crippen molar-refractivity contribution in [1.29, 1.82) is 0 Å². The molecule has 0 saturated carbocycles. The van der Waals surface area contributed by atoms with Gasteiger partial charge in [0.05, 0.1) is 0 Å². The second-order valence-corrected chi connectivity index (χ2v) is 7.75. The zero-order valence-electron chi connectivity index (χ0n) is 12.3. The van der Waals surface area contributed by atoms with Crippen LogP contribution in [0, 0.1) is 11.3 Å². The molecular weight excluding hydrogens is 258 g/mol. The summed E-state index contributed by atoms with van der Waals surface area (Å²) in [6, 6.07) is 4.95. The van der Waals surface area contributed by atoms with Crippen LogP contribution in [0.3, 0.4) is 0 Å². The van der Waals surface area contributed by atoms with Gasteiger partial charge in [-0.25, -0.2) is 0 Å². The topological polar surface area (TPSA) is 3.24 Å². The minimum atomic E-state index is 0.324. The average Bonchev–Trinajstić information content (AvgIpc) is 2.74. The summed E-state index contributed by atoms with van der Waals surface area (Å²) in [4.78, 5) is 4.02. The van der Waals surface area contributed by atoms with Crippen LogP contribution in [0.5, 0.6) is 0 Å². The van der Waals surface area contributed by atoms with Gasteiger partial charge in [-0.15, -0.1) is 11.3 Å². The number of nitrogens with zero attached hydrogens (tertiary/aromatic N) is 1. The molecule has 1 heterocycles. The second kappa shape index (κ2) is 6.97. The van der Waals surface area contributed by atoms with Gasteiger partial charge in [-0.2, -0.15) is 12.6 Å². The standard InChI is InChI=1S/C15H27NS2/c1-12(2)16(10-14-7-6-8-18-14)9-13(11-17)15(3,4)5/h6-8,12-13,17H,9-11H2,1-5H3. The van der Waals surface area contributed by atoms with Gasteiger partial charge in [0.2, 0.25) is 0 Å². The maximum absolute atomic E-state index is 4.54. The fourth-order valence-electron chi connectivity index (χ4n) is 1.95. The van der Waals surface area contributed by atoms with E-state index >= 15 is 0 Å². The molecule has 1 nitrogen and oxygen atoms in total. The summed E-state index contributed by atoms with van der Waals surface area (Å²) in [7, 11) is 0. The van der Waals surface area contributed by atoms with Gasteiger partial charge in [0.25, 0.3) is 0 Å². The van der Waals surface area contributed by atoms with Gasteiger partial charge in [0, 0.05) is 24.0 Å². The highest BCUT2D eigenvalue weighted by atomic mass is 32.1. The minimum Gasteiger partial charge on any atom is -0.296 e. The van der Waals surface area contributed by atoms with Crippen molar-refractivity contribution in [3.63, 3.8) is 0 Å². The molecule has 0 aromatic carbocycles. The van der Waals surface area contributed by atoms with Crippen LogP contribution in [0.15, 0.2) is 17.5 Å². The highest BCUT2D eigenvalue weighted by Crippen LogP contribution is 2.29. The number of thiophene rings is 1. The van der Waals surface area contributed by atoms with Crippen LogP contribution in [0.4, 0.5) is 0 Å². The van der Waals surface area contributed by atoms with Crippen molar-refractivity contribution in [1.82, 2.24) is 4.90 Å². The summed E-state index contributed by atoms with van der Waals surface area (Å²) in [5.41, 5.74) is 0.324. The maximum Gasteiger partial charge on any atom is 0.0330 e. The lowest BCUT2D eigenvalue weighted by molar-refractivity contribution is 0.133. The van der Waals surface area contributed by atoms with E-state index in [1.54, 1.807) is 0 Å². The Kier molecular flexibility index (Phi) is 6.22. The van der Waals surface area contributed by atoms with Crippen LogP contribution in [-0.4, -0.2) is 23.2 Å². The molecule has 0 fully saturated rings. The summed E-state index contributed by atoms with van der Waals surface area (Å²) in [5, 5.41) is 2.16. The molecule has 0 bridgehead atoms. The smallest absolute Gasteiger partial charge is 0.0330 e. The lowest BCUT2D eigenvalue weighted by Crippen LogP contribution is -2.39. The quantitative estimate of drug-likeness (QED) is 0.750. The van der Waals surface area contributed by atoms with Crippen LogP contribution >= 0.6 is 24.0 Å². The van der Waals surface area contributed by atoms with Crippen molar-refractivity contribution in [2.24, 2.45) is 11.3 Å². The first kappa shape index (κ1) is 16.1. The SMILES string of the molecule is CC(C)N(Cc1cccs1)CC(CS)C(C)(C)C. The molecule has 1 aromatic heterocycles. The van der Waals surface area contributed by atoms with Crippen LogP contribution < -0.4 is 0 Å². The van der Waals surface area contributed by atoms with E-state index in [2.05, 4.69) is 69.7 Å². The lowest BCUT2D eigenvalue weighted by atomic mass is 9.81. The van der Waals surface area contributed by atoms with Crippen LogP contribution in [0.2, 0.25) is 0 Å². The molecule has 0 saturated heterocycles. The Morgan fingerprint density at radius 2 is 2.00 bits per heavy atom.